The number of nitrogens with two attached hydrogens (primary N) is 1. The van der Waals surface area contributed by atoms with Gasteiger partial charge in [0.1, 0.15) is 6.04 Å². The molecule has 138 valence electrons. The molecule has 0 bridgehead atoms. The van der Waals surface area contributed by atoms with E-state index < -0.39 is 6.04 Å². The maximum atomic E-state index is 11.4. The Hall–Kier alpha value is -1.37. The predicted octanol–water partition coefficient (Wildman–Crippen LogP) is 2.12. The highest BCUT2D eigenvalue weighted by molar-refractivity contribution is 6.62. The van der Waals surface area contributed by atoms with E-state index in [1.54, 1.807) is 0 Å². The molecule has 1 aliphatic rings. The standard InChI is InChI=1S/C19H30BNO4/c1-13-10-11-14(8-7-9-16(21)17(22)23-6)12-15(13)20-24-18(2,3)19(4,5)25-20/h10-12,16H,7-9,21H2,1-6H3/t16-/m0/s1. The van der Waals surface area contributed by atoms with Crippen molar-refractivity contribution in [2.75, 3.05) is 7.11 Å². The van der Waals surface area contributed by atoms with Crippen molar-refractivity contribution < 1.29 is 18.8 Å². The Morgan fingerprint density at radius 3 is 2.40 bits per heavy atom. The molecule has 2 N–H and O–H groups in total. The van der Waals surface area contributed by atoms with Crippen LogP contribution in [0.2, 0.25) is 0 Å². The Labute approximate surface area is 151 Å². The highest BCUT2D eigenvalue weighted by atomic mass is 16.7. The van der Waals surface area contributed by atoms with E-state index >= 15 is 0 Å². The molecule has 0 aliphatic carbocycles. The number of ether oxygens (including phenoxy) is 1. The summed E-state index contributed by atoms with van der Waals surface area (Å²) in [5.41, 5.74) is 8.48. The molecule has 1 aromatic rings. The van der Waals surface area contributed by atoms with Crippen molar-refractivity contribution in [1.29, 1.82) is 0 Å². The SMILES string of the molecule is COC(=O)[C@@H](N)CCCc1ccc(C)c(B2OC(C)(C)C(C)(C)O2)c1. The largest absolute Gasteiger partial charge is 0.495 e. The number of benzene rings is 1. The van der Waals surface area contributed by atoms with Gasteiger partial charge in [-0.05, 0) is 64.9 Å². The minimum absolute atomic E-state index is 0.354. The molecule has 0 unspecified atom stereocenters. The number of carbonyl (C=O) groups excluding carboxylic acids is 1. The lowest BCUT2D eigenvalue weighted by molar-refractivity contribution is -0.142. The first-order valence-corrected chi connectivity index (χ1v) is 8.86. The molecule has 1 saturated heterocycles. The zero-order valence-electron chi connectivity index (χ0n) is 16.2. The lowest BCUT2D eigenvalue weighted by Crippen LogP contribution is -2.41. The molecule has 25 heavy (non-hydrogen) atoms. The van der Waals surface area contributed by atoms with Crippen molar-refractivity contribution in [3.63, 3.8) is 0 Å². The molecule has 1 aliphatic heterocycles. The van der Waals surface area contributed by atoms with Crippen molar-refractivity contribution in [3.8, 4) is 0 Å². The van der Waals surface area contributed by atoms with Gasteiger partial charge in [-0.25, -0.2) is 0 Å². The molecule has 1 atom stereocenters. The third-order valence-corrected chi connectivity index (χ3v) is 5.34. The van der Waals surface area contributed by atoms with E-state index in [0.717, 1.165) is 23.9 Å². The summed E-state index contributed by atoms with van der Waals surface area (Å²) < 4.78 is 17.0. The van der Waals surface area contributed by atoms with Crippen molar-refractivity contribution in [2.45, 2.75) is 71.1 Å². The highest BCUT2D eigenvalue weighted by Crippen LogP contribution is 2.36. The fourth-order valence-electron chi connectivity index (χ4n) is 2.86. The summed E-state index contributed by atoms with van der Waals surface area (Å²) in [5.74, 6) is -0.359. The van der Waals surface area contributed by atoms with Gasteiger partial charge in [0.25, 0.3) is 0 Å². The monoisotopic (exact) mass is 347 g/mol. The minimum Gasteiger partial charge on any atom is -0.468 e. The molecule has 6 heteroatoms. The van der Waals surface area contributed by atoms with Gasteiger partial charge in [-0.3, -0.25) is 4.79 Å². The molecule has 0 saturated carbocycles. The maximum absolute atomic E-state index is 11.4. The zero-order chi connectivity index (χ0) is 18.8. The third-order valence-electron chi connectivity index (χ3n) is 5.34. The summed E-state index contributed by atoms with van der Waals surface area (Å²) in [4.78, 5) is 11.4. The van der Waals surface area contributed by atoms with E-state index in [9.17, 15) is 4.79 Å². The van der Waals surface area contributed by atoms with Crippen LogP contribution >= 0.6 is 0 Å². The van der Waals surface area contributed by atoms with E-state index in [1.807, 2.05) is 0 Å². The smallest absolute Gasteiger partial charge is 0.468 e. The zero-order valence-corrected chi connectivity index (χ0v) is 16.2. The fraction of sp³-hybridized carbons (Fsp3) is 0.632. The van der Waals surface area contributed by atoms with Crippen LogP contribution in [0.5, 0.6) is 0 Å². The van der Waals surface area contributed by atoms with Crippen LogP contribution in [-0.2, 0) is 25.3 Å². The van der Waals surface area contributed by atoms with Gasteiger partial charge in [-0.15, -0.1) is 0 Å². The number of hydrogen-bond acceptors (Lipinski definition) is 5. The first-order valence-electron chi connectivity index (χ1n) is 8.86. The molecule has 5 nitrogen and oxygen atoms in total. The van der Waals surface area contributed by atoms with E-state index in [4.69, 9.17) is 15.0 Å². The number of carbonyl (C=O) groups is 1. The quantitative estimate of drug-likeness (QED) is 0.630. The van der Waals surface area contributed by atoms with Crippen molar-refractivity contribution in [3.05, 3.63) is 29.3 Å². The summed E-state index contributed by atoms with van der Waals surface area (Å²) in [6.45, 7) is 10.3. The Kier molecular flexibility index (Phi) is 5.97. The Morgan fingerprint density at radius 1 is 1.24 bits per heavy atom. The van der Waals surface area contributed by atoms with Crippen LogP contribution in [0.25, 0.3) is 0 Å². The molecule has 0 radical (unpaired) electrons. The summed E-state index contributed by atoms with van der Waals surface area (Å²) >= 11 is 0. The Balaban J connectivity index is 2.05. The number of methoxy groups -OCH3 is 1. The topological polar surface area (TPSA) is 70.8 Å². The molecule has 1 heterocycles. The van der Waals surface area contributed by atoms with Crippen LogP contribution in [0.1, 0.15) is 51.7 Å². The number of rotatable bonds is 6. The molecule has 0 amide bonds. The average Bonchev–Trinajstić information content (AvgIpc) is 2.75. The van der Waals surface area contributed by atoms with E-state index in [2.05, 4.69) is 57.6 Å². The van der Waals surface area contributed by atoms with E-state index in [1.165, 1.54) is 12.7 Å². The van der Waals surface area contributed by atoms with Crippen LogP contribution in [0.15, 0.2) is 18.2 Å². The molecular formula is C19H30BNO4. The van der Waals surface area contributed by atoms with Gasteiger partial charge in [0.2, 0.25) is 0 Å². The van der Waals surface area contributed by atoms with Crippen molar-refractivity contribution in [2.24, 2.45) is 5.73 Å². The van der Waals surface area contributed by atoms with Crippen LogP contribution in [0.3, 0.4) is 0 Å². The highest BCUT2D eigenvalue weighted by Gasteiger charge is 2.52. The average molecular weight is 347 g/mol. The van der Waals surface area contributed by atoms with Gasteiger partial charge in [-0.2, -0.15) is 0 Å². The van der Waals surface area contributed by atoms with E-state index in [-0.39, 0.29) is 24.3 Å². The van der Waals surface area contributed by atoms with Crippen LogP contribution < -0.4 is 11.2 Å². The summed E-state index contributed by atoms with van der Waals surface area (Å²) in [5, 5.41) is 0. The lowest BCUT2D eigenvalue weighted by Gasteiger charge is -2.32. The van der Waals surface area contributed by atoms with Gasteiger partial charge < -0.3 is 19.8 Å². The van der Waals surface area contributed by atoms with Crippen LogP contribution in [0, 0.1) is 6.92 Å². The second kappa shape index (κ2) is 7.48. The van der Waals surface area contributed by atoms with Gasteiger partial charge in [0, 0.05) is 0 Å². The number of hydrogen-bond donors (Lipinski definition) is 1. The van der Waals surface area contributed by atoms with Crippen LogP contribution in [-0.4, -0.2) is 37.4 Å². The maximum Gasteiger partial charge on any atom is 0.495 e. The van der Waals surface area contributed by atoms with E-state index in [0.29, 0.717) is 6.42 Å². The lowest BCUT2D eigenvalue weighted by atomic mass is 9.75. The molecule has 0 spiro atoms. The number of esters is 1. The molecule has 0 aromatic heterocycles. The molecule has 1 aromatic carbocycles. The molecular weight excluding hydrogens is 317 g/mol. The third kappa shape index (κ3) is 4.43. The first kappa shape index (κ1) is 20.0. The summed E-state index contributed by atoms with van der Waals surface area (Å²) in [7, 11) is 1.00. The number of aryl methyl sites for hydroxylation is 2. The minimum atomic E-state index is -0.557. The van der Waals surface area contributed by atoms with Gasteiger partial charge >= 0.3 is 13.1 Å². The Morgan fingerprint density at radius 2 is 1.84 bits per heavy atom. The Bertz CT molecular complexity index is 614. The second-order valence-corrected chi connectivity index (χ2v) is 7.80. The van der Waals surface area contributed by atoms with Gasteiger partial charge in [0.15, 0.2) is 0 Å². The molecule has 1 fully saturated rings. The fourth-order valence-corrected chi connectivity index (χ4v) is 2.86. The van der Waals surface area contributed by atoms with Crippen LogP contribution in [0.4, 0.5) is 0 Å². The second-order valence-electron chi connectivity index (χ2n) is 7.80. The summed E-state index contributed by atoms with van der Waals surface area (Å²) in [6, 6.07) is 5.78. The van der Waals surface area contributed by atoms with Gasteiger partial charge in [-0.1, -0.05) is 23.8 Å². The van der Waals surface area contributed by atoms with Crippen molar-refractivity contribution >= 4 is 18.6 Å². The molecule has 2 rings (SSSR count). The van der Waals surface area contributed by atoms with Gasteiger partial charge in [0.05, 0.1) is 18.3 Å². The predicted molar refractivity (Wildman–Crippen MR) is 99.8 cm³/mol. The van der Waals surface area contributed by atoms with Crippen molar-refractivity contribution in [1.82, 2.24) is 0 Å². The first-order chi connectivity index (χ1) is 11.6. The summed E-state index contributed by atoms with van der Waals surface area (Å²) in [6.07, 6.45) is 2.27. The normalized spacial score (nSPS) is 19.7.